The first-order valence-corrected chi connectivity index (χ1v) is 9.33. The molecule has 0 radical (unpaired) electrons. The average Bonchev–Trinajstić information content (AvgIpc) is 2.80. The second kappa shape index (κ2) is 10.3. The van der Waals surface area contributed by atoms with E-state index in [0.29, 0.717) is 0 Å². The summed E-state index contributed by atoms with van der Waals surface area (Å²) in [4.78, 5) is 8.64. The second-order valence-electron chi connectivity index (χ2n) is 5.90. The summed E-state index contributed by atoms with van der Waals surface area (Å²) in [6.07, 6.45) is 0.862. The van der Waals surface area contributed by atoms with Crippen molar-refractivity contribution in [1.82, 2.24) is 0 Å². The zero-order valence-corrected chi connectivity index (χ0v) is 16.9. The van der Waals surface area contributed by atoms with Gasteiger partial charge in [-0.05, 0) is 29.4 Å². The predicted molar refractivity (Wildman–Crippen MR) is 115 cm³/mol. The number of nitrogens with one attached hydrogen (secondary N) is 1. The third-order valence-corrected chi connectivity index (χ3v) is 4.14. The minimum Gasteiger partial charge on any atom is -0.470 e. The van der Waals surface area contributed by atoms with Crippen LogP contribution >= 0.6 is 11.6 Å². The van der Waals surface area contributed by atoms with Gasteiger partial charge in [0.05, 0.1) is 11.4 Å². The Balaban J connectivity index is 1.86. The first kappa shape index (κ1) is 21.8. The molecule has 0 aliphatic carbocycles. The topological polar surface area (TPSA) is 112 Å². The standard InChI is InChI=1S/C21H18ClFN4O4/c1-13(18(23)20(26-12-24)31-17-9-5-3-7-15(17)22)30-16-8-4-2-6-14(16)19(25)21-27-29-11-10-28-21/h2-9,12,25H,1,10-11H2,(H2,24,26)/b20-18-,25-19?. The van der Waals surface area contributed by atoms with Gasteiger partial charge in [0, 0.05) is 5.56 Å². The van der Waals surface area contributed by atoms with Crippen LogP contribution in [0.3, 0.4) is 0 Å². The Kier molecular flexibility index (Phi) is 7.23. The van der Waals surface area contributed by atoms with Crippen molar-refractivity contribution in [2.45, 2.75) is 0 Å². The number of rotatable bonds is 8. The monoisotopic (exact) mass is 444 g/mol. The Morgan fingerprint density at radius 3 is 2.55 bits per heavy atom. The molecule has 0 amide bonds. The van der Waals surface area contributed by atoms with E-state index in [0.717, 1.165) is 6.34 Å². The van der Waals surface area contributed by atoms with E-state index in [4.69, 9.17) is 41.8 Å². The molecule has 2 aromatic rings. The highest BCUT2D eigenvalue weighted by Crippen LogP contribution is 2.29. The van der Waals surface area contributed by atoms with E-state index in [9.17, 15) is 0 Å². The van der Waals surface area contributed by atoms with Crippen LogP contribution in [0.25, 0.3) is 0 Å². The summed E-state index contributed by atoms with van der Waals surface area (Å²) in [7, 11) is 0. The number of hydrogen-bond acceptors (Lipinski definition) is 7. The van der Waals surface area contributed by atoms with Crippen LogP contribution in [-0.4, -0.2) is 31.2 Å². The number of ether oxygens (including phenoxy) is 3. The van der Waals surface area contributed by atoms with Crippen molar-refractivity contribution >= 4 is 29.5 Å². The quantitative estimate of drug-likeness (QED) is 0.275. The Morgan fingerprint density at radius 1 is 1.16 bits per heavy atom. The van der Waals surface area contributed by atoms with Crippen molar-refractivity contribution in [2.24, 2.45) is 15.9 Å². The van der Waals surface area contributed by atoms with E-state index in [1.165, 1.54) is 12.1 Å². The molecular weight excluding hydrogens is 427 g/mol. The largest absolute Gasteiger partial charge is 0.470 e. The van der Waals surface area contributed by atoms with Crippen LogP contribution in [0.1, 0.15) is 5.56 Å². The molecule has 3 N–H and O–H groups in total. The highest BCUT2D eigenvalue weighted by Gasteiger charge is 2.21. The third-order valence-electron chi connectivity index (χ3n) is 3.83. The van der Waals surface area contributed by atoms with Crippen molar-refractivity contribution < 1.29 is 23.4 Å². The molecule has 0 aromatic heterocycles. The fourth-order valence-corrected chi connectivity index (χ4v) is 2.60. The van der Waals surface area contributed by atoms with Gasteiger partial charge in [0.15, 0.2) is 12.4 Å². The van der Waals surface area contributed by atoms with Gasteiger partial charge in [-0.2, -0.15) is 4.39 Å². The summed E-state index contributed by atoms with van der Waals surface area (Å²) in [5.41, 5.74) is 5.51. The lowest BCUT2D eigenvalue weighted by atomic mass is 10.1. The lowest BCUT2D eigenvalue weighted by Crippen LogP contribution is -2.24. The summed E-state index contributed by atoms with van der Waals surface area (Å²) < 4.78 is 31.4. The van der Waals surface area contributed by atoms with Crippen molar-refractivity contribution in [3.05, 3.63) is 83.2 Å². The van der Waals surface area contributed by atoms with E-state index in [2.05, 4.69) is 16.7 Å². The SMILES string of the molecule is C=C(Oc1ccccc1C(=N)C1=NOCCO1)/C(F)=C(\N=CN)Oc1ccccc1Cl. The van der Waals surface area contributed by atoms with Crippen LogP contribution in [0.5, 0.6) is 11.5 Å². The van der Waals surface area contributed by atoms with Crippen LogP contribution in [0, 0.1) is 5.41 Å². The molecule has 31 heavy (non-hydrogen) atoms. The average molecular weight is 445 g/mol. The first-order valence-electron chi connectivity index (χ1n) is 8.96. The van der Waals surface area contributed by atoms with Crippen molar-refractivity contribution in [1.29, 1.82) is 5.41 Å². The lowest BCUT2D eigenvalue weighted by molar-refractivity contribution is 0.0676. The molecule has 160 valence electrons. The van der Waals surface area contributed by atoms with E-state index in [1.54, 1.807) is 36.4 Å². The number of aliphatic imine (C=N–C) groups is 1. The molecule has 3 rings (SSSR count). The number of halogens is 2. The van der Waals surface area contributed by atoms with Gasteiger partial charge in [0.25, 0.3) is 11.8 Å². The highest BCUT2D eigenvalue weighted by molar-refractivity contribution is 6.44. The van der Waals surface area contributed by atoms with Gasteiger partial charge in [0.1, 0.15) is 23.8 Å². The Hall–Kier alpha value is -3.85. The smallest absolute Gasteiger partial charge is 0.276 e. The van der Waals surface area contributed by atoms with E-state index in [1.807, 2.05) is 0 Å². The Bertz CT molecular complexity index is 1080. The van der Waals surface area contributed by atoms with Gasteiger partial charge in [-0.25, -0.2) is 4.99 Å². The van der Waals surface area contributed by atoms with Gasteiger partial charge < -0.3 is 24.8 Å². The van der Waals surface area contributed by atoms with Crippen LogP contribution in [0.15, 0.2) is 82.7 Å². The normalized spacial score (nSPS) is 14.1. The van der Waals surface area contributed by atoms with Crippen molar-refractivity contribution in [3.63, 3.8) is 0 Å². The Morgan fingerprint density at radius 2 is 1.87 bits per heavy atom. The minimum absolute atomic E-state index is 0.0144. The molecule has 1 aliphatic rings. The molecule has 1 aliphatic heterocycles. The van der Waals surface area contributed by atoms with Gasteiger partial charge in [-0.1, -0.05) is 42.4 Å². The zero-order valence-electron chi connectivity index (χ0n) is 16.2. The predicted octanol–water partition coefficient (Wildman–Crippen LogP) is 4.17. The zero-order chi connectivity index (χ0) is 22.2. The number of nitrogens with zero attached hydrogens (tertiary/aromatic N) is 2. The molecule has 2 aromatic carbocycles. The molecule has 0 saturated carbocycles. The molecule has 10 heteroatoms. The van der Waals surface area contributed by atoms with Crippen LogP contribution in [0.4, 0.5) is 4.39 Å². The van der Waals surface area contributed by atoms with E-state index in [-0.39, 0.29) is 46.9 Å². The fourth-order valence-electron chi connectivity index (χ4n) is 2.43. The number of allylic oxidation sites excluding steroid dienone is 1. The third kappa shape index (κ3) is 5.40. The number of benzene rings is 2. The van der Waals surface area contributed by atoms with Crippen LogP contribution < -0.4 is 15.2 Å². The molecular formula is C21H18ClFN4O4. The first-order chi connectivity index (χ1) is 15.0. The lowest BCUT2D eigenvalue weighted by Gasteiger charge is -2.17. The van der Waals surface area contributed by atoms with Crippen molar-refractivity contribution in [2.75, 3.05) is 13.2 Å². The maximum absolute atomic E-state index is 15.0. The Labute approximate surface area is 182 Å². The van der Waals surface area contributed by atoms with Gasteiger partial charge in [-0.3, -0.25) is 5.41 Å². The summed E-state index contributed by atoms with van der Waals surface area (Å²) in [6, 6.07) is 12.9. The minimum atomic E-state index is -1.02. The van der Waals surface area contributed by atoms with Crippen LogP contribution in [0.2, 0.25) is 5.02 Å². The van der Waals surface area contributed by atoms with Gasteiger partial charge in [-0.15, -0.1) is 0 Å². The number of oxime groups is 1. The molecule has 0 spiro atoms. The molecule has 0 fully saturated rings. The van der Waals surface area contributed by atoms with E-state index < -0.39 is 17.5 Å². The molecule has 0 atom stereocenters. The summed E-state index contributed by atoms with van der Waals surface area (Å²) in [6.45, 7) is 4.14. The maximum atomic E-state index is 15.0. The van der Waals surface area contributed by atoms with Gasteiger partial charge in [0.2, 0.25) is 5.83 Å². The molecule has 8 nitrogen and oxygen atoms in total. The fraction of sp³-hybridized carbons (Fsp3) is 0.0952. The molecule has 0 saturated heterocycles. The number of nitrogens with two attached hydrogens (primary N) is 1. The number of para-hydroxylation sites is 2. The summed E-state index contributed by atoms with van der Waals surface area (Å²) >= 11 is 6.05. The molecule has 0 bridgehead atoms. The second-order valence-corrected chi connectivity index (χ2v) is 6.31. The molecule has 1 heterocycles. The van der Waals surface area contributed by atoms with Gasteiger partial charge >= 0.3 is 0 Å². The number of hydrogen-bond donors (Lipinski definition) is 2. The maximum Gasteiger partial charge on any atom is 0.276 e. The van der Waals surface area contributed by atoms with Crippen LogP contribution in [-0.2, 0) is 9.57 Å². The highest BCUT2D eigenvalue weighted by atomic mass is 35.5. The summed E-state index contributed by atoms with van der Waals surface area (Å²) in [5, 5.41) is 12.3. The molecule has 0 unspecified atom stereocenters. The summed E-state index contributed by atoms with van der Waals surface area (Å²) in [5.74, 6) is -1.64. The van der Waals surface area contributed by atoms with Crippen molar-refractivity contribution in [3.8, 4) is 11.5 Å². The van der Waals surface area contributed by atoms with E-state index >= 15 is 4.39 Å².